The van der Waals surface area contributed by atoms with Gasteiger partial charge in [0.05, 0.1) is 12.2 Å². The molecule has 0 bridgehead atoms. The predicted molar refractivity (Wildman–Crippen MR) is 123 cm³/mol. The molecule has 0 saturated heterocycles. The van der Waals surface area contributed by atoms with Gasteiger partial charge in [0, 0.05) is 11.9 Å². The molecule has 1 atom stereocenters. The minimum Gasteiger partial charge on any atom is -0.445 e. The van der Waals surface area contributed by atoms with Crippen LogP contribution in [0.25, 0.3) is 0 Å². The molecule has 0 aliphatic rings. The van der Waals surface area contributed by atoms with Gasteiger partial charge in [0.2, 0.25) is 11.8 Å². The Labute approximate surface area is 187 Å². The number of hydrogen-bond donors (Lipinski definition) is 2. The number of ether oxygens (including phenoxy) is 1. The molecule has 2 aromatic rings. The summed E-state index contributed by atoms with van der Waals surface area (Å²) in [7, 11) is 1.54. The first-order chi connectivity index (χ1) is 14.8. The smallest absolute Gasteiger partial charge is 0.408 e. The van der Waals surface area contributed by atoms with Crippen LogP contribution in [-0.2, 0) is 20.9 Å². The van der Waals surface area contributed by atoms with Crippen molar-refractivity contribution in [1.82, 2.24) is 10.2 Å². The van der Waals surface area contributed by atoms with Gasteiger partial charge in [-0.25, -0.2) is 4.79 Å². The van der Waals surface area contributed by atoms with E-state index in [0.717, 1.165) is 10.5 Å². The zero-order chi connectivity index (χ0) is 22.8. The van der Waals surface area contributed by atoms with E-state index in [1.165, 1.54) is 23.7 Å². The molecule has 8 heteroatoms. The quantitative estimate of drug-likeness (QED) is 0.576. The number of benzene rings is 2. The fourth-order valence-corrected chi connectivity index (χ4v) is 3.43. The monoisotopic (exact) mass is 443 g/mol. The third kappa shape index (κ3) is 7.64. The number of likely N-dealkylation sites (N-methyl/N-ethyl adjacent to an activating group) is 1. The molecule has 2 aromatic carbocycles. The Morgan fingerprint density at radius 1 is 1.03 bits per heavy atom. The van der Waals surface area contributed by atoms with Crippen molar-refractivity contribution < 1.29 is 19.1 Å². The molecule has 166 valence electrons. The van der Waals surface area contributed by atoms with Crippen molar-refractivity contribution in [3.05, 3.63) is 60.2 Å². The van der Waals surface area contributed by atoms with Gasteiger partial charge in [-0.1, -0.05) is 56.3 Å². The first-order valence-electron chi connectivity index (χ1n) is 9.97. The Morgan fingerprint density at radius 3 is 2.32 bits per heavy atom. The summed E-state index contributed by atoms with van der Waals surface area (Å²) in [5.41, 5.74) is 1.55. The Balaban J connectivity index is 1.92. The summed E-state index contributed by atoms with van der Waals surface area (Å²) in [6.45, 7) is 3.62. The number of hydrogen-bond acceptors (Lipinski definition) is 5. The van der Waals surface area contributed by atoms with Crippen LogP contribution < -0.4 is 10.6 Å². The maximum atomic E-state index is 12.9. The molecule has 0 saturated carbocycles. The zero-order valence-electron chi connectivity index (χ0n) is 18.3. The van der Waals surface area contributed by atoms with E-state index in [4.69, 9.17) is 4.74 Å². The molecular weight excluding hydrogens is 414 g/mol. The van der Waals surface area contributed by atoms with E-state index in [0.29, 0.717) is 5.69 Å². The van der Waals surface area contributed by atoms with Gasteiger partial charge in [0.1, 0.15) is 12.6 Å². The number of thioether (sulfide) groups is 1. The van der Waals surface area contributed by atoms with Gasteiger partial charge in [-0.05, 0) is 29.9 Å². The van der Waals surface area contributed by atoms with Crippen LogP contribution in [0.15, 0.2) is 59.5 Å². The summed E-state index contributed by atoms with van der Waals surface area (Å²) in [5.74, 6) is -0.856. The van der Waals surface area contributed by atoms with Crippen molar-refractivity contribution >= 4 is 35.4 Å². The molecule has 0 aliphatic heterocycles. The van der Waals surface area contributed by atoms with Crippen LogP contribution in [-0.4, -0.2) is 48.7 Å². The number of carbonyl (C=O) groups is 3. The van der Waals surface area contributed by atoms with E-state index in [9.17, 15) is 14.4 Å². The lowest BCUT2D eigenvalue weighted by Crippen LogP contribution is -2.51. The topological polar surface area (TPSA) is 87.7 Å². The standard InChI is InChI=1S/C23H29N3O4S/c1-16(2)21(25-23(29)30-15-17-10-6-5-7-11-17)22(28)26(3)14-20(27)24-18-12-8-9-13-19(18)31-4/h5-13,16,21H,14-15H2,1-4H3,(H,24,27)(H,25,29)/t21-/m0/s1. The molecule has 0 radical (unpaired) electrons. The molecule has 2 rings (SSSR count). The number of rotatable bonds is 9. The maximum absolute atomic E-state index is 12.9. The largest absolute Gasteiger partial charge is 0.445 e. The van der Waals surface area contributed by atoms with Gasteiger partial charge in [0.15, 0.2) is 0 Å². The minimum atomic E-state index is -0.806. The van der Waals surface area contributed by atoms with Crippen molar-refractivity contribution in [1.29, 1.82) is 0 Å². The molecule has 2 N–H and O–H groups in total. The highest BCUT2D eigenvalue weighted by atomic mass is 32.2. The highest BCUT2D eigenvalue weighted by Crippen LogP contribution is 2.24. The Morgan fingerprint density at radius 2 is 1.68 bits per heavy atom. The highest BCUT2D eigenvalue weighted by Gasteiger charge is 2.28. The molecule has 0 spiro atoms. The fourth-order valence-electron chi connectivity index (χ4n) is 2.87. The summed E-state index contributed by atoms with van der Waals surface area (Å²) in [5, 5.41) is 5.45. The molecule has 0 unspecified atom stereocenters. The summed E-state index contributed by atoms with van der Waals surface area (Å²) in [6, 6.07) is 15.9. The third-order valence-corrected chi connectivity index (χ3v) is 5.35. The Bertz CT molecular complexity index is 889. The molecule has 0 aliphatic carbocycles. The molecule has 0 heterocycles. The summed E-state index contributed by atoms with van der Waals surface area (Å²) in [6.07, 6.45) is 1.25. The average Bonchev–Trinajstić information content (AvgIpc) is 2.76. The van der Waals surface area contributed by atoms with Crippen LogP contribution in [0.5, 0.6) is 0 Å². The van der Waals surface area contributed by atoms with Crippen LogP contribution in [0.4, 0.5) is 10.5 Å². The van der Waals surface area contributed by atoms with Crippen LogP contribution in [0.3, 0.4) is 0 Å². The lowest BCUT2D eigenvalue weighted by molar-refractivity contribution is -0.136. The van der Waals surface area contributed by atoms with E-state index in [2.05, 4.69) is 10.6 Å². The number of nitrogens with zero attached hydrogens (tertiary/aromatic N) is 1. The number of carbonyl (C=O) groups excluding carboxylic acids is 3. The highest BCUT2D eigenvalue weighted by molar-refractivity contribution is 7.98. The summed E-state index contributed by atoms with van der Waals surface area (Å²) >= 11 is 1.52. The fraction of sp³-hybridized carbons (Fsp3) is 0.348. The van der Waals surface area contributed by atoms with Crippen LogP contribution in [0.2, 0.25) is 0 Å². The molecule has 7 nitrogen and oxygen atoms in total. The van der Waals surface area contributed by atoms with E-state index < -0.39 is 12.1 Å². The van der Waals surface area contributed by atoms with E-state index in [-0.39, 0.29) is 30.9 Å². The van der Waals surface area contributed by atoms with Gasteiger partial charge < -0.3 is 20.3 Å². The molecule has 0 aromatic heterocycles. The van der Waals surface area contributed by atoms with Crippen LogP contribution in [0.1, 0.15) is 19.4 Å². The number of nitrogens with one attached hydrogen (secondary N) is 2. The van der Waals surface area contributed by atoms with Crippen molar-refractivity contribution in [2.24, 2.45) is 5.92 Å². The second-order valence-corrected chi connectivity index (χ2v) is 8.22. The van der Waals surface area contributed by atoms with E-state index >= 15 is 0 Å². The Kier molecular flexibility index (Phi) is 9.40. The molecule has 31 heavy (non-hydrogen) atoms. The second-order valence-electron chi connectivity index (χ2n) is 7.37. The number of para-hydroxylation sites is 1. The van der Waals surface area contributed by atoms with Crippen molar-refractivity contribution in [2.75, 3.05) is 25.2 Å². The maximum Gasteiger partial charge on any atom is 0.408 e. The van der Waals surface area contributed by atoms with Gasteiger partial charge in [-0.2, -0.15) is 0 Å². The number of amides is 3. The van der Waals surface area contributed by atoms with Crippen molar-refractivity contribution in [3.63, 3.8) is 0 Å². The summed E-state index contributed by atoms with van der Waals surface area (Å²) < 4.78 is 5.22. The lowest BCUT2D eigenvalue weighted by Gasteiger charge is -2.26. The average molecular weight is 444 g/mol. The van der Waals surface area contributed by atoms with E-state index in [1.807, 2.05) is 74.7 Å². The Hall–Kier alpha value is -3.00. The van der Waals surface area contributed by atoms with Crippen molar-refractivity contribution in [2.45, 2.75) is 31.4 Å². The molecule has 0 fully saturated rings. The van der Waals surface area contributed by atoms with Gasteiger partial charge in [0.25, 0.3) is 0 Å². The van der Waals surface area contributed by atoms with Crippen LogP contribution in [0, 0.1) is 5.92 Å². The van der Waals surface area contributed by atoms with Gasteiger partial charge >= 0.3 is 6.09 Å². The second kappa shape index (κ2) is 12.0. The van der Waals surface area contributed by atoms with Gasteiger partial charge in [-0.15, -0.1) is 11.8 Å². The lowest BCUT2D eigenvalue weighted by atomic mass is 10.0. The van der Waals surface area contributed by atoms with E-state index in [1.54, 1.807) is 0 Å². The molecular formula is C23H29N3O4S. The van der Waals surface area contributed by atoms with Crippen molar-refractivity contribution in [3.8, 4) is 0 Å². The van der Waals surface area contributed by atoms with Crippen LogP contribution >= 0.6 is 11.8 Å². The number of anilines is 1. The van der Waals surface area contributed by atoms with Gasteiger partial charge in [-0.3, -0.25) is 9.59 Å². The summed E-state index contributed by atoms with van der Waals surface area (Å²) in [4.78, 5) is 39.8. The normalized spacial score (nSPS) is 11.5. The predicted octanol–water partition coefficient (Wildman–Crippen LogP) is 3.76. The SMILES string of the molecule is CSc1ccccc1NC(=O)CN(C)C(=O)[C@@H](NC(=O)OCc1ccccc1)C(C)C. The number of alkyl carbamates (subject to hydrolysis) is 1. The molecule has 3 amide bonds. The minimum absolute atomic E-state index is 0.110. The zero-order valence-corrected chi connectivity index (χ0v) is 19.1. The first kappa shape index (κ1) is 24.3. The first-order valence-corrected chi connectivity index (χ1v) is 11.2. The third-order valence-electron chi connectivity index (χ3n) is 4.56.